The Morgan fingerprint density at radius 1 is 1.22 bits per heavy atom. The summed E-state index contributed by atoms with van der Waals surface area (Å²) in [4.78, 5) is 9.72. The summed E-state index contributed by atoms with van der Waals surface area (Å²) >= 11 is 1.82. The second-order valence-electron chi connectivity index (χ2n) is 5.79. The highest BCUT2D eigenvalue weighted by atomic mass is 32.1. The highest BCUT2D eigenvalue weighted by Crippen LogP contribution is 2.26. The van der Waals surface area contributed by atoms with Crippen molar-refractivity contribution >= 4 is 22.7 Å². The molecule has 23 heavy (non-hydrogen) atoms. The van der Waals surface area contributed by atoms with Crippen LogP contribution in [-0.2, 0) is 6.54 Å². The molecular formula is C19H33N3S. The molecule has 0 bridgehead atoms. The van der Waals surface area contributed by atoms with Crippen molar-refractivity contribution in [2.75, 3.05) is 19.6 Å². The third-order valence-corrected chi connectivity index (χ3v) is 4.98. The van der Waals surface area contributed by atoms with Gasteiger partial charge >= 0.3 is 0 Å². The van der Waals surface area contributed by atoms with Gasteiger partial charge in [0, 0.05) is 17.1 Å². The molecule has 0 saturated carbocycles. The molecule has 0 unspecified atom stereocenters. The van der Waals surface area contributed by atoms with Gasteiger partial charge in [0.2, 0.25) is 0 Å². The van der Waals surface area contributed by atoms with Gasteiger partial charge in [-0.05, 0) is 58.0 Å². The van der Waals surface area contributed by atoms with Crippen LogP contribution in [-0.4, -0.2) is 30.2 Å². The number of rotatable bonds is 6. The number of aliphatic imine (C=N–C) groups is 1. The fourth-order valence-electron chi connectivity index (χ4n) is 2.68. The van der Waals surface area contributed by atoms with E-state index in [9.17, 15) is 0 Å². The van der Waals surface area contributed by atoms with Crippen LogP contribution in [0.1, 0.15) is 62.6 Å². The topological polar surface area (TPSA) is 41.6 Å². The minimum Gasteiger partial charge on any atom is -0.330 e. The van der Waals surface area contributed by atoms with Crippen molar-refractivity contribution in [3.63, 3.8) is 0 Å². The van der Waals surface area contributed by atoms with E-state index in [1.54, 1.807) is 0 Å². The summed E-state index contributed by atoms with van der Waals surface area (Å²) in [6.45, 7) is 14.3. The number of hydrogen-bond acceptors (Lipinski definition) is 4. The summed E-state index contributed by atoms with van der Waals surface area (Å²) in [6, 6.07) is 4.38. The Bertz CT molecular complexity index is 483. The van der Waals surface area contributed by atoms with Crippen molar-refractivity contribution in [1.82, 2.24) is 4.90 Å². The quantitative estimate of drug-likeness (QED) is 0.749. The molecule has 0 radical (unpaired) electrons. The van der Waals surface area contributed by atoms with Crippen molar-refractivity contribution < 1.29 is 0 Å². The number of thiophene rings is 1. The molecule has 1 aliphatic heterocycles. The SMILES string of the molecule is C=C(N=C(C)CCN)c1ccc(CN2CCCCCC2)s1.CC. The molecule has 1 aliphatic rings. The van der Waals surface area contributed by atoms with Crippen LogP contribution in [0.4, 0.5) is 0 Å². The van der Waals surface area contributed by atoms with Crippen molar-refractivity contribution in [1.29, 1.82) is 0 Å². The Kier molecular flexibility index (Phi) is 10.1. The lowest BCUT2D eigenvalue weighted by Gasteiger charge is -2.18. The standard InChI is InChI=1S/C17H27N3S.C2H6/c1-14(9-10-18)19-15(2)17-8-7-16(21-17)13-20-11-5-3-4-6-12-20;1-2/h7-8H,2-6,9-13,18H2,1H3;1-2H3. The molecule has 1 fully saturated rings. The molecule has 0 aliphatic carbocycles. The van der Waals surface area contributed by atoms with E-state index >= 15 is 0 Å². The van der Waals surface area contributed by atoms with Gasteiger partial charge in [-0.2, -0.15) is 0 Å². The highest BCUT2D eigenvalue weighted by molar-refractivity contribution is 7.13. The Balaban J connectivity index is 0.00000127. The molecule has 0 spiro atoms. The van der Waals surface area contributed by atoms with Gasteiger partial charge in [0.25, 0.3) is 0 Å². The van der Waals surface area contributed by atoms with Crippen LogP contribution >= 0.6 is 11.3 Å². The van der Waals surface area contributed by atoms with Crippen molar-refractivity contribution in [2.24, 2.45) is 10.7 Å². The summed E-state index contributed by atoms with van der Waals surface area (Å²) < 4.78 is 0. The summed E-state index contributed by atoms with van der Waals surface area (Å²) in [5.41, 5.74) is 7.48. The summed E-state index contributed by atoms with van der Waals surface area (Å²) in [6.07, 6.45) is 6.29. The Morgan fingerprint density at radius 3 is 2.48 bits per heavy atom. The third-order valence-electron chi connectivity index (χ3n) is 3.86. The van der Waals surface area contributed by atoms with E-state index in [2.05, 4.69) is 28.6 Å². The van der Waals surface area contributed by atoms with E-state index in [0.29, 0.717) is 6.54 Å². The predicted octanol–water partition coefficient (Wildman–Crippen LogP) is 4.93. The zero-order chi connectivity index (χ0) is 17.1. The number of nitrogens with zero attached hydrogens (tertiary/aromatic N) is 2. The van der Waals surface area contributed by atoms with Crippen LogP contribution < -0.4 is 5.73 Å². The van der Waals surface area contributed by atoms with Crippen LogP contribution in [0.3, 0.4) is 0 Å². The average molecular weight is 336 g/mol. The van der Waals surface area contributed by atoms with Gasteiger partial charge in [0.15, 0.2) is 0 Å². The molecule has 0 atom stereocenters. The van der Waals surface area contributed by atoms with Gasteiger partial charge in [0.05, 0.1) is 10.6 Å². The van der Waals surface area contributed by atoms with E-state index in [4.69, 9.17) is 5.73 Å². The van der Waals surface area contributed by atoms with Gasteiger partial charge in [-0.15, -0.1) is 11.3 Å². The van der Waals surface area contributed by atoms with Gasteiger partial charge in [-0.1, -0.05) is 33.3 Å². The maximum atomic E-state index is 5.55. The summed E-state index contributed by atoms with van der Waals surface area (Å²) in [5, 5.41) is 0. The fourth-order valence-corrected chi connectivity index (χ4v) is 3.65. The molecular weight excluding hydrogens is 302 g/mol. The Morgan fingerprint density at radius 2 is 1.87 bits per heavy atom. The fraction of sp³-hybridized carbons (Fsp3) is 0.632. The summed E-state index contributed by atoms with van der Waals surface area (Å²) in [5.74, 6) is 0. The van der Waals surface area contributed by atoms with Crippen LogP contribution in [0, 0.1) is 0 Å². The zero-order valence-corrected chi connectivity index (χ0v) is 15.9. The van der Waals surface area contributed by atoms with Gasteiger partial charge in [0.1, 0.15) is 0 Å². The molecule has 0 amide bonds. The maximum absolute atomic E-state index is 5.55. The molecule has 130 valence electrons. The van der Waals surface area contributed by atoms with Crippen molar-refractivity contribution in [3.05, 3.63) is 28.5 Å². The number of likely N-dealkylation sites (tertiary alicyclic amines) is 1. The molecule has 2 heterocycles. The number of hydrogen-bond donors (Lipinski definition) is 1. The van der Waals surface area contributed by atoms with E-state index in [-0.39, 0.29) is 0 Å². The Hall–Kier alpha value is -0.970. The zero-order valence-electron chi connectivity index (χ0n) is 15.1. The second kappa shape index (κ2) is 11.5. The van der Waals surface area contributed by atoms with E-state index in [1.165, 1.54) is 48.5 Å². The molecule has 4 heteroatoms. The van der Waals surface area contributed by atoms with E-state index < -0.39 is 0 Å². The first kappa shape index (κ1) is 20.1. The summed E-state index contributed by atoms with van der Waals surface area (Å²) in [7, 11) is 0. The largest absolute Gasteiger partial charge is 0.330 e. The monoisotopic (exact) mass is 335 g/mol. The van der Waals surface area contributed by atoms with E-state index in [1.807, 2.05) is 32.1 Å². The van der Waals surface area contributed by atoms with Crippen LogP contribution in [0.25, 0.3) is 5.70 Å². The van der Waals surface area contributed by atoms with Gasteiger partial charge in [-0.25, -0.2) is 0 Å². The maximum Gasteiger partial charge on any atom is 0.0729 e. The molecule has 2 rings (SSSR count). The molecule has 0 aromatic carbocycles. The first-order chi connectivity index (χ1) is 11.2. The average Bonchev–Trinajstić information content (AvgIpc) is 2.86. The lowest BCUT2D eigenvalue weighted by atomic mass is 10.2. The minimum atomic E-state index is 0.646. The first-order valence-corrected chi connectivity index (χ1v) is 9.75. The van der Waals surface area contributed by atoms with Crippen molar-refractivity contribution in [2.45, 2.75) is 59.4 Å². The van der Waals surface area contributed by atoms with Gasteiger partial charge in [-0.3, -0.25) is 9.89 Å². The molecule has 1 aromatic rings. The van der Waals surface area contributed by atoms with Crippen LogP contribution in [0.15, 0.2) is 23.7 Å². The van der Waals surface area contributed by atoms with Crippen LogP contribution in [0.5, 0.6) is 0 Å². The molecule has 3 nitrogen and oxygen atoms in total. The van der Waals surface area contributed by atoms with Gasteiger partial charge < -0.3 is 5.73 Å². The third kappa shape index (κ3) is 7.42. The lowest BCUT2D eigenvalue weighted by Crippen LogP contribution is -2.23. The predicted molar refractivity (Wildman–Crippen MR) is 105 cm³/mol. The van der Waals surface area contributed by atoms with Crippen molar-refractivity contribution in [3.8, 4) is 0 Å². The highest BCUT2D eigenvalue weighted by Gasteiger charge is 2.11. The second-order valence-corrected chi connectivity index (χ2v) is 6.96. The lowest BCUT2D eigenvalue weighted by molar-refractivity contribution is 0.279. The first-order valence-electron chi connectivity index (χ1n) is 8.93. The molecule has 2 N–H and O–H groups in total. The van der Waals surface area contributed by atoms with Crippen LogP contribution in [0.2, 0.25) is 0 Å². The van der Waals surface area contributed by atoms with E-state index in [0.717, 1.165) is 24.4 Å². The minimum absolute atomic E-state index is 0.646. The Labute approximate surface area is 146 Å². The normalized spacial score (nSPS) is 16.4. The molecule has 1 saturated heterocycles. The number of nitrogens with two attached hydrogens (primary N) is 1. The molecule has 1 aromatic heterocycles. The smallest absolute Gasteiger partial charge is 0.0729 e.